The van der Waals surface area contributed by atoms with E-state index in [1.165, 1.54) is 71.1 Å². The van der Waals surface area contributed by atoms with E-state index in [1.807, 2.05) is 0 Å². The third kappa shape index (κ3) is 5.22. The highest BCUT2D eigenvalue weighted by atomic mass is 16.5. The number of hydrogen-bond acceptors (Lipinski definition) is 2. The standard InChI is InChI=1S/C57H40BNO/c1-57(2)51-27-15-14-24-43(51)44-31-29-40(33-52(44)57)59(39-21-10-5-11-22-39)41-30-32-46-50-35-48-42-23-12-13-25-45(42)53(58(37-17-6-3-7-18-37)38-19-8-4-9-20-38)36-49(48)47-26-16-28-54(56(47)50)60-55(46)34-41/h3-36H,1-2H3. The van der Waals surface area contributed by atoms with E-state index >= 15 is 0 Å². The topological polar surface area (TPSA) is 12.5 Å². The predicted octanol–water partition coefficient (Wildman–Crippen LogP) is 13.2. The van der Waals surface area contributed by atoms with Gasteiger partial charge in [-0.05, 0) is 103 Å². The first-order valence-corrected chi connectivity index (χ1v) is 21.0. The Kier molecular flexibility index (Phi) is 7.71. The summed E-state index contributed by atoms with van der Waals surface area (Å²) in [6.45, 7) is 4.76. The number of hydrogen-bond donors (Lipinski definition) is 0. The number of ether oxygens (including phenoxy) is 1. The number of para-hydroxylation sites is 1. The molecule has 0 unspecified atom stereocenters. The SMILES string of the molecule is CC1(C)c2ccccc2-c2ccc(N(c3ccccc3)c3ccc4c(c3)Oc3cccc5c3c-4cc3c4ccccc4c(B(c4ccccc4)c4ccccc4)cc53)cc21. The first kappa shape index (κ1) is 34.7. The van der Waals surface area contributed by atoms with Gasteiger partial charge in [0.25, 0.3) is 0 Å². The van der Waals surface area contributed by atoms with Gasteiger partial charge in [-0.25, -0.2) is 0 Å². The van der Waals surface area contributed by atoms with Crippen molar-refractivity contribution in [2.24, 2.45) is 0 Å². The van der Waals surface area contributed by atoms with Crippen LogP contribution in [0.1, 0.15) is 25.0 Å². The molecular weight excluding hydrogens is 725 g/mol. The fraction of sp³-hybridized carbons (Fsp3) is 0.0526. The van der Waals surface area contributed by atoms with Crippen molar-refractivity contribution in [1.82, 2.24) is 0 Å². The molecule has 1 heterocycles. The minimum Gasteiger partial charge on any atom is -0.456 e. The second-order valence-electron chi connectivity index (χ2n) is 16.8. The van der Waals surface area contributed by atoms with Crippen molar-refractivity contribution < 1.29 is 4.74 Å². The molecule has 282 valence electrons. The van der Waals surface area contributed by atoms with E-state index < -0.39 is 0 Å². The van der Waals surface area contributed by atoms with Crippen LogP contribution in [0, 0.1) is 0 Å². The molecule has 1 aliphatic carbocycles. The molecule has 2 aliphatic rings. The van der Waals surface area contributed by atoms with E-state index in [0.29, 0.717) is 0 Å². The van der Waals surface area contributed by atoms with Crippen LogP contribution in [0.3, 0.4) is 0 Å². The monoisotopic (exact) mass is 765 g/mol. The molecule has 0 bridgehead atoms. The van der Waals surface area contributed by atoms with Crippen LogP contribution in [0.4, 0.5) is 17.1 Å². The maximum atomic E-state index is 6.99. The summed E-state index contributed by atoms with van der Waals surface area (Å²) in [5, 5.41) is 7.37. The van der Waals surface area contributed by atoms with Crippen molar-refractivity contribution in [3.05, 3.63) is 217 Å². The molecule has 60 heavy (non-hydrogen) atoms. The fourth-order valence-corrected chi connectivity index (χ4v) is 10.4. The zero-order valence-electron chi connectivity index (χ0n) is 33.6. The summed E-state index contributed by atoms with van der Waals surface area (Å²) in [5.74, 6) is 1.74. The summed E-state index contributed by atoms with van der Waals surface area (Å²) in [4.78, 5) is 2.37. The first-order valence-electron chi connectivity index (χ1n) is 21.0. The highest BCUT2D eigenvalue weighted by Gasteiger charge is 2.36. The van der Waals surface area contributed by atoms with E-state index in [2.05, 4.69) is 225 Å². The van der Waals surface area contributed by atoms with E-state index in [-0.39, 0.29) is 12.1 Å². The van der Waals surface area contributed by atoms with E-state index in [0.717, 1.165) is 39.5 Å². The fourth-order valence-electron chi connectivity index (χ4n) is 10.4. The van der Waals surface area contributed by atoms with Gasteiger partial charge in [0.05, 0.1) is 0 Å². The quantitative estimate of drug-likeness (QED) is 0.123. The normalized spacial score (nSPS) is 13.1. The molecule has 0 N–H and O–H groups in total. The summed E-state index contributed by atoms with van der Waals surface area (Å²) < 4.78 is 6.99. The van der Waals surface area contributed by atoms with Crippen molar-refractivity contribution in [3.63, 3.8) is 0 Å². The summed E-state index contributed by atoms with van der Waals surface area (Å²) in [6, 6.07) is 75.5. The highest BCUT2D eigenvalue weighted by Crippen LogP contribution is 2.53. The molecule has 3 heteroatoms. The molecule has 0 aromatic heterocycles. The van der Waals surface area contributed by atoms with Crippen molar-refractivity contribution in [3.8, 4) is 33.8 Å². The minimum absolute atomic E-state index is 0.0718. The van der Waals surface area contributed by atoms with Crippen LogP contribution in [0.15, 0.2) is 206 Å². The van der Waals surface area contributed by atoms with Gasteiger partial charge in [0.2, 0.25) is 6.71 Å². The average Bonchev–Trinajstić information content (AvgIpc) is 3.53. The van der Waals surface area contributed by atoms with Gasteiger partial charge in [0.1, 0.15) is 11.5 Å². The summed E-state index contributed by atoms with van der Waals surface area (Å²) >= 11 is 0. The number of rotatable bonds is 6. The largest absolute Gasteiger partial charge is 0.456 e. The molecule has 0 fully saturated rings. The third-order valence-corrected chi connectivity index (χ3v) is 13.1. The highest BCUT2D eigenvalue weighted by molar-refractivity contribution is 6.97. The van der Waals surface area contributed by atoms with E-state index in [4.69, 9.17) is 4.74 Å². The summed E-state index contributed by atoms with van der Waals surface area (Å²) in [5.41, 5.74) is 14.7. The Morgan fingerprint density at radius 3 is 1.72 bits per heavy atom. The molecule has 2 nitrogen and oxygen atoms in total. The second kappa shape index (κ2) is 13.3. The van der Waals surface area contributed by atoms with E-state index in [1.54, 1.807) is 0 Å². The third-order valence-electron chi connectivity index (χ3n) is 13.1. The van der Waals surface area contributed by atoms with Crippen LogP contribution in [-0.4, -0.2) is 6.71 Å². The lowest BCUT2D eigenvalue weighted by atomic mass is 9.36. The Hall–Kier alpha value is -7.36. The van der Waals surface area contributed by atoms with Crippen molar-refractivity contribution in [2.45, 2.75) is 19.3 Å². The Bertz CT molecular complexity index is 3280. The Labute approximate surface area is 351 Å². The molecule has 12 rings (SSSR count). The zero-order valence-corrected chi connectivity index (χ0v) is 33.6. The number of fused-ring (bicyclic) bond motifs is 9. The van der Waals surface area contributed by atoms with Gasteiger partial charge in [0.15, 0.2) is 0 Å². The van der Waals surface area contributed by atoms with E-state index in [9.17, 15) is 0 Å². The maximum Gasteiger partial charge on any atom is 0.242 e. The lowest BCUT2D eigenvalue weighted by Gasteiger charge is -2.30. The van der Waals surface area contributed by atoms with Gasteiger partial charge in [0, 0.05) is 39.5 Å². The van der Waals surface area contributed by atoms with Crippen LogP contribution >= 0.6 is 0 Å². The molecule has 0 atom stereocenters. The van der Waals surface area contributed by atoms with Crippen LogP contribution in [0.2, 0.25) is 0 Å². The molecule has 0 saturated carbocycles. The Morgan fingerprint density at radius 2 is 0.967 bits per heavy atom. The van der Waals surface area contributed by atoms with Crippen molar-refractivity contribution >= 4 is 72.5 Å². The maximum absolute atomic E-state index is 6.99. The average molecular weight is 766 g/mol. The summed E-state index contributed by atoms with van der Waals surface area (Å²) in [7, 11) is 0. The van der Waals surface area contributed by atoms with Gasteiger partial charge in [-0.2, -0.15) is 0 Å². The van der Waals surface area contributed by atoms with Gasteiger partial charge >= 0.3 is 0 Å². The molecule has 0 amide bonds. The lowest BCUT2D eigenvalue weighted by Crippen LogP contribution is -2.52. The molecule has 0 spiro atoms. The summed E-state index contributed by atoms with van der Waals surface area (Å²) in [6.07, 6.45) is 0. The van der Waals surface area contributed by atoms with Gasteiger partial charge < -0.3 is 9.64 Å². The lowest BCUT2D eigenvalue weighted by molar-refractivity contribution is 0.487. The molecular formula is C57H40BNO. The number of nitrogens with zero attached hydrogens (tertiary/aromatic N) is 1. The second-order valence-corrected chi connectivity index (χ2v) is 16.8. The Morgan fingerprint density at radius 1 is 0.383 bits per heavy atom. The van der Waals surface area contributed by atoms with Crippen LogP contribution in [0.5, 0.6) is 11.5 Å². The number of anilines is 3. The minimum atomic E-state index is -0.108. The predicted molar refractivity (Wildman–Crippen MR) is 254 cm³/mol. The molecule has 10 aromatic rings. The van der Waals surface area contributed by atoms with Crippen molar-refractivity contribution in [2.75, 3.05) is 4.90 Å². The Balaban J connectivity index is 1.04. The zero-order chi connectivity index (χ0) is 40.0. The molecule has 10 aromatic carbocycles. The molecule has 1 aliphatic heterocycles. The van der Waals surface area contributed by atoms with Gasteiger partial charge in [-0.1, -0.05) is 182 Å². The van der Waals surface area contributed by atoms with Crippen LogP contribution in [0.25, 0.3) is 54.6 Å². The first-order chi connectivity index (χ1) is 29.5. The van der Waals surface area contributed by atoms with Gasteiger partial charge in [-0.15, -0.1) is 0 Å². The molecule has 0 radical (unpaired) electrons. The molecule has 0 saturated heterocycles. The number of benzene rings is 10. The van der Waals surface area contributed by atoms with Crippen LogP contribution in [-0.2, 0) is 5.41 Å². The van der Waals surface area contributed by atoms with Crippen LogP contribution < -0.4 is 26.0 Å². The smallest absolute Gasteiger partial charge is 0.242 e. The van der Waals surface area contributed by atoms with Crippen molar-refractivity contribution in [1.29, 1.82) is 0 Å². The van der Waals surface area contributed by atoms with Gasteiger partial charge in [-0.3, -0.25) is 0 Å².